The van der Waals surface area contributed by atoms with Crippen LogP contribution >= 0.6 is 0 Å². The van der Waals surface area contributed by atoms with E-state index in [1.165, 1.54) is 6.20 Å². The lowest BCUT2D eigenvalue weighted by Crippen LogP contribution is -2.17. The van der Waals surface area contributed by atoms with Gasteiger partial charge in [0.25, 0.3) is 11.5 Å². The molecule has 1 amide bonds. The molecule has 2 rings (SSSR count). The third kappa shape index (κ3) is 2.30. The van der Waals surface area contributed by atoms with Gasteiger partial charge in [-0.25, -0.2) is 9.97 Å². The van der Waals surface area contributed by atoms with Crippen LogP contribution < -0.4 is 10.9 Å². The number of carbonyl (C=O) groups is 1. The van der Waals surface area contributed by atoms with Crippen molar-refractivity contribution in [1.82, 2.24) is 15.0 Å². The lowest BCUT2D eigenvalue weighted by atomic mass is 10.4. The highest BCUT2D eigenvalue weighted by Crippen LogP contribution is 2.01. The molecule has 0 radical (unpaired) electrons. The van der Waals surface area contributed by atoms with E-state index in [0.717, 1.165) is 6.20 Å². The van der Waals surface area contributed by atoms with Crippen molar-refractivity contribution in [1.29, 1.82) is 0 Å². The van der Waals surface area contributed by atoms with Crippen molar-refractivity contribution >= 4 is 11.7 Å². The van der Waals surface area contributed by atoms with Crippen LogP contribution in [0.15, 0.2) is 41.6 Å². The lowest BCUT2D eigenvalue weighted by molar-refractivity contribution is 0.102. The summed E-state index contributed by atoms with van der Waals surface area (Å²) in [5, 5.41) is 2.54. The molecule has 0 unspecified atom stereocenters. The largest absolute Gasteiger partial charge is 0.325 e. The highest BCUT2D eigenvalue weighted by molar-refractivity contribution is 6.01. The Morgan fingerprint density at radius 2 is 2.19 bits per heavy atom. The van der Waals surface area contributed by atoms with E-state index in [0.29, 0.717) is 5.82 Å². The van der Waals surface area contributed by atoms with Gasteiger partial charge in [-0.15, -0.1) is 0 Å². The summed E-state index contributed by atoms with van der Waals surface area (Å²) >= 11 is 0. The molecule has 0 saturated heterocycles. The number of aromatic nitrogens is 3. The predicted molar refractivity (Wildman–Crippen MR) is 57.0 cm³/mol. The van der Waals surface area contributed by atoms with Crippen LogP contribution in [0, 0.1) is 0 Å². The molecule has 6 heteroatoms. The predicted octanol–water partition coefficient (Wildman–Crippen LogP) is 0.417. The molecule has 0 spiro atoms. The van der Waals surface area contributed by atoms with Crippen molar-refractivity contribution in [2.75, 3.05) is 5.32 Å². The Balaban J connectivity index is 2.15. The second kappa shape index (κ2) is 4.35. The second-order valence-electron chi connectivity index (χ2n) is 2.97. The number of aromatic amines is 1. The molecule has 0 aromatic carbocycles. The quantitative estimate of drug-likeness (QED) is 0.761. The summed E-state index contributed by atoms with van der Waals surface area (Å²) in [6.45, 7) is 0. The number of pyridine rings is 1. The van der Waals surface area contributed by atoms with E-state index in [4.69, 9.17) is 0 Å². The number of hydrogen-bond acceptors (Lipinski definition) is 4. The molecule has 0 aliphatic rings. The van der Waals surface area contributed by atoms with Crippen LogP contribution in [0.3, 0.4) is 0 Å². The van der Waals surface area contributed by atoms with Crippen molar-refractivity contribution in [2.45, 2.75) is 0 Å². The Hall–Kier alpha value is -2.50. The van der Waals surface area contributed by atoms with Crippen LogP contribution in [-0.2, 0) is 0 Å². The monoisotopic (exact) mass is 216 g/mol. The Kier molecular flexibility index (Phi) is 2.73. The molecule has 0 bridgehead atoms. The highest BCUT2D eigenvalue weighted by atomic mass is 16.2. The Labute approximate surface area is 90.4 Å². The number of hydrogen-bond donors (Lipinski definition) is 2. The first-order valence-corrected chi connectivity index (χ1v) is 4.53. The normalized spacial score (nSPS) is 9.75. The standard InChI is InChI=1S/C10H8N4O2/c15-9-6-12-7(5-13-9)10(16)14-8-3-1-2-4-11-8/h1-6H,(H,13,15)(H,11,14,16). The van der Waals surface area contributed by atoms with Gasteiger partial charge >= 0.3 is 0 Å². The molecular formula is C10H8N4O2. The summed E-state index contributed by atoms with van der Waals surface area (Å²) in [6, 6.07) is 5.15. The first-order chi connectivity index (χ1) is 7.75. The van der Waals surface area contributed by atoms with Gasteiger partial charge in [0.15, 0.2) is 0 Å². The first kappa shape index (κ1) is 10.0. The first-order valence-electron chi connectivity index (χ1n) is 4.53. The minimum Gasteiger partial charge on any atom is -0.325 e. The molecule has 0 atom stereocenters. The fraction of sp³-hybridized carbons (Fsp3) is 0. The van der Waals surface area contributed by atoms with Gasteiger partial charge in [0.1, 0.15) is 11.5 Å². The highest BCUT2D eigenvalue weighted by Gasteiger charge is 2.07. The molecule has 6 nitrogen and oxygen atoms in total. The van der Waals surface area contributed by atoms with Crippen molar-refractivity contribution in [2.24, 2.45) is 0 Å². The summed E-state index contributed by atoms with van der Waals surface area (Å²) in [6.07, 6.45) is 3.86. The molecule has 2 heterocycles. The van der Waals surface area contributed by atoms with E-state index in [1.807, 2.05) is 0 Å². The number of nitrogens with zero attached hydrogens (tertiary/aromatic N) is 2. The van der Waals surface area contributed by atoms with E-state index in [9.17, 15) is 9.59 Å². The van der Waals surface area contributed by atoms with Gasteiger partial charge in [-0.1, -0.05) is 6.07 Å². The lowest BCUT2D eigenvalue weighted by Gasteiger charge is -2.01. The third-order valence-corrected chi connectivity index (χ3v) is 1.81. The van der Waals surface area contributed by atoms with E-state index in [-0.39, 0.29) is 11.3 Å². The number of H-pyrrole nitrogens is 1. The number of anilines is 1. The van der Waals surface area contributed by atoms with Gasteiger partial charge < -0.3 is 10.3 Å². The average Bonchev–Trinajstić information content (AvgIpc) is 2.31. The molecule has 0 aliphatic heterocycles. The maximum absolute atomic E-state index is 11.6. The van der Waals surface area contributed by atoms with Crippen LogP contribution in [0.5, 0.6) is 0 Å². The third-order valence-electron chi connectivity index (χ3n) is 1.81. The zero-order valence-electron chi connectivity index (χ0n) is 8.18. The number of nitrogens with one attached hydrogen (secondary N) is 2. The average molecular weight is 216 g/mol. The van der Waals surface area contributed by atoms with E-state index >= 15 is 0 Å². The van der Waals surface area contributed by atoms with Gasteiger partial charge in [-0.3, -0.25) is 9.59 Å². The summed E-state index contributed by atoms with van der Waals surface area (Å²) < 4.78 is 0. The van der Waals surface area contributed by atoms with E-state index in [1.54, 1.807) is 24.4 Å². The maximum atomic E-state index is 11.6. The van der Waals surface area contributed by atoms with Gasteiger partial charge in [0.05, 0.1) is 6.20 Å². The molecular weight excluding hydrogens is 208 g/mol. The van der Waals surface area contributed by atoms with Crippen LogP contribution in [0.4, 0.5) is 5.82 Å². The minimum atomic E-state index is -0.421. The Morgan fingerprint density at radius 1 is 1.31 bits per heavy atom. The second-order valence-corrected chi connectivity index (χ2v) is 2.97. The maximum Gasteiger partial charge on any atom is 0.276 e. The fourth-order valence-corrected chi connectivity index (χ4v) is 1.08. The van der Waals surface area contributed by atoms with Gasteiger partial charge in [-0.2, -0.15) is 0 Å². The van der Waals surface area contributed by atoms with Crippen molar-refractivity contribution in [3.63, 3.8) is 0 Å². The molecule has 0 saturated carbocycles. The number of rotatable bonds is 2. The summed E-state index contributed by atoms with van der Waals surface area (Å²) in [4.78, 5) is 32.3. The van der Waals surface area contributed by atoms with Gasteiger partial charge in [0.2, 0.25) is 0 Å². The SMILES string of the molecule is O=C(Nc1ccccn1)c1c[nH]c(=O)cn1. The molecule has 80 valence electrons. The molecule has 2 aromatic heterocycles. The van der Waals surface area contributed by atoms with Crippen LogP contribution in [0.2, 0.25) is 0 Å². The minimum absolute atomic E-state index is 0.130. The number of carbonyl (C=O) groups excluding carboxylic acids is 1. The van der Waals surface area contributed by atoms with Crippen LogP contribution in [0.1, 0.15) is 10.5 Å². The van der Waals surface area contributed by atoms with Crippen LogP contribution in [0.25, 0.3) is 0 Å². The molecule has 0 aliphatic carbocycles. The smallest absolute Gasteiger partial charge is 0.276 e. The van der Waals surface area contributed by atoms with Gasteiger partial charge in [0, 0.05) is 12.4 Å². The number of amides is 1. The zero-order chi connectivity index (χ0) is 11.4. The van der Waals surface area contributed by atoms with E-state index < -0.39 is 5.91 Å². The van der Waals surface area contributed by atoms with E-state index in [2.05, 4.69) is 20.3 Å². The summed E-state index contributed by atoms with van der Waals surface area (Å²) in [5.74, 6) is 0.00968. The molecule has 2 aromatic rings. The van der Waals surface area contributed by atoms with Crippen molar-refractivity contribution in [3.8, 4) is 0 Å². The Morgan fingerprint density at radius 3 is 2.81 bits per heavy atom. The zero-order valence-corrected chi connectivity index (χ0v) is 8.18. The van der Waals surface area contributed by atoms with Gasteiger partial charge in [-0.05, 0) is 12.1 Å². The Bertz CT molecular complexity index is 530. The molecule has 16 heavy (non-hydrogen) atoms. The van der Waals surface area contributed by atoms with Crippen LogP contribution in [-0.4, -0.2) is 20.9 Å². The molecule has 0 fully saturated rings. The van der Waals surface area contributed by atoms with Crippen molar-refractivity contribution in [3.05, 3.63) is 52.8 Å². The fourth-order valence-electron chi connectivity index (χ4n) is 1.08. The summed E-state index contributed by atoms with van der Waals surface area (Å²) in [7, 11) is 0. The molecule has 2 N–H and O–H groups in total. The summed E-state index contributed by atoms with van der Waals surface area (Å²) in [5.41, 5.74) is -0.223. The van der Waals surface area contributed by atoms with Crippen molar-refractivity contribution < 1.29 is 4.79 Å². The topological polar surface area (TPSA) is 87.7 Å².